The zero-order valence-corrected chi connectivity index (χ0v) is 8.55. The average molecular weight is 178 g/mol. The van der Waals surface area contributed by atoms with Gasteiger partial charge in [0.25, 0.3) is 0 Å². The van der Waals surface area contributed by atoms with E-state index in [1.807, 2.05) is 0 Å². The minimum atomic E-state index is 0.509. The topological polar surface area (TPSA) is 17.1 Å². The highest BCUT2D eigenvalue weighted by molar-refractivity contribution is 5.85. The molecule has 0 radical (unpaired) electrons. The van der Waals surface area contributed by atoms with Crippen molar-refractivity contribution in [3.8, 4) is 0 Å². The van der Waals surface area contributed by atoms with E-state index in [1.165, 1.54) is 19.3 Å². The minimum Gasteiger partial charge on any atom is -0.299 e. The molecule has 0 saturated heterocycles. The molecule has 1 heteroatoms. The van der Waals surface area contributed by atoms with E-state index in [2.05, 4.69) is 13.8 Å². The third kappa shape index (κ3) is 1.09. The first-order chi connectivity index (χ1) is 6.07. The molecule has 0 heterocycles. The molecule has 4 atom stereocenters. The molecule has 13 heavy (non-hydrogen) atoms. The molecule has 0 aliphatic heterocycles. The monoisotopic (exact) mass is 178 g/mol. The molecule has 4 unspecified atom stereocenters. The number of rotatable bonds is 0. The molecular formula is C12H18O. The summed E-state index contributed by atoms with van der Waals surface area (Å²) in [7, 11) is 0. The van der Waals surface area contributed by atoms with Crippen LogP contribution in [0.2, 0.25) is 0 Å². The second-order valence-electron chi connectivity index (χ2n) is 6.17. The maximum Gasteiger partial charge on any atom is 0.136 e. The Morgan fingerprint density at radius 1 is 1.23 bits per heavy atom. The molecule has 0 amide bonds. The van der Waals surface area contributed by atoms with Crippen LogP contribution in [-0.2, 0) is 4.79 Å². The van der Waals surface area contributed by atoms with Crippen molar-refractivity contribution in [2.75, 3.05) is 0 Å². The van der Waals surface area contributed by atoms with E-state index in [0.29, 0.717) is 17.1 Å². The lowest BCUT2D eigenvalue weighted by Gasteiger charge is -2.23. The zero-order valence-electron chi connectivity index (χ0n) is 8.55. The van der Waals surface area contributed by atoms with Gasteiger partial charge in [-0.3, -0.25) is 4.79 Å². The standard InChI is InChI=1S/C12H18O/c1-12(2)5-7-3-11(13)9-4-8(9)10(7)6-12/h7-10H,3-6H2,1-2H3. The van der Waals surface area contributed by atoms with Crippen LogP contribution in [0, 0.1) is 29.1 Å². The van der Waals surface area contributed by atoms with Crippen LogP contribution in [0.5, 0.6) is 0 Å². The molecule has 3 aliphatic rings. The van der Waals surface area contributed by atoms with Crippen molar-refractivity contribution in [1.82, 2.24) is 0 Å². The Balaban J connectivity index is 1.85. The van der Waals surface area contributed by atoms with Crippen LogP contribution in [0.15, 0.2) is 0 Å². The molecule has 3 saturated carbocycles. The minimum absolute atomic E-state index is 0.509. The van der Waals surface area contributed by atoms with E-state index in [-0.39, 0.29) is 0 Å². The largest absolute Gasteiger partial charge is 0.299 e. The number of Topliss-reactive ketones (excluding diaryl/α,β-unsaturated/α-hetero) is 1. The molecule has 3 aliphatic carbocycles. The number of ketones is 1. The second-order valence-corrected chi connectivity index (χ2v) is 6.17. The van der Waals surface area contributed by atoms with Crippen LogP contribution in [0.4, 0.5) is 0 Å². The van der Waals surface area contributed by atoms with E-state index in [1.54, 1.807) is 0 Å². The molecule has 0 aromatic carbocycles. The molecule has 3 rings (SSSR count). The normalized spacial score (nSPS) is 51.4. The number of hydrogen-bond acceptors (Lipinski definition) is 1. The molecule has 0 aromatic heterocycles. The number of hydrogen-bond donors (Lipinski definition) is 0. The van der Waals surface area contributed by atoms with Crippen LogP contribution in [0.25, 0.3) is 0 Å². The van der Waals surface area contributed by atoms with Gasteiger partial charge in [0.2, 0.25) is 0 Å². The van der Waals surface area contributed by atoms with Crippen LogP contribution in [0.1, 0.15) is 39.5 Å². The van der Waals surface area contributed by atoms with Crippen LogP contribution < -0.4 is 0 Å². The van der Waals surface area contributed by atoms with Gasteiger partial charge < -0.3 is 0 Å². The smallest absolute Gasteiger partial charge is 0.136 e. The van der Waals surface area contributed by atoms with Gasteiger partial charge in [0, 0.05) is 12.3 Å². The Morgan fingerprint density at radius 2 is 2.00 bits per heavy atom. The Morgan fingerprint density at radius 3 is 2.77 bits per heavy atom. The summed E-state index contributed by atoms with van der Waals surface area (Å²) < 4.78 is 0. The fraction of sp³-hybridized carbons (Fsp3) is 0.917. The highest BCUT2D eigenvalue weighted by Crippen LogP contribution is 2.61. The third-order valence-corrected chi connectivity index (χ3v) is 4.48. The Kier molecular flexibility index (Phi) is 1.35. The maximum atomic E-state index is 11.6. The van der Waals surface area contributed by atoms with Gasteiger partial charge in [-0.1, -0.05) is 13.8 Å². The molecule has 0 spiro atoms. The van der Waals surface area contributed by atoms with Gasteiger partial charge in [-0.15, -0.1) is 0 Å². The lowest BCUT2D eigenvalue weighted by Crippen LogP contribution is -2.23. The fourth-order valence-corrected chi connectivity index (χ4v) is 3.94. The summed E-state index contributed by atoms with van der Waals surface area (Å²) in [6, 6.07) is 0. The van der Waals surface area contributed by atoms with Crippen LogP contribution >= 0.6 is 0 Å². The van der Waals surface area contributed by atoms with Crippen molar-refractivity contribution in [2.24, 2.45) is 29.1 Å². The van der Waals surface area contributed by atoms with Crippen LogP contribution in [0.3, 0.4) is 0 Å². The summed E-state index contributed by atoms with van der Waals surface area (Å²) in [5.74, 6) is 3.58. The Labute approximate surface area is 79.9 Å². The van der Waals surface area contributed by atoms with Gasteiger partial charge in [-0.25, -0.2) is 0 Å². The summed E-state index contributed by atoms with van der Waals surface area (Å²) in [5, 5.41) is 0. The first kappa shape index (κ1) is 8.02. The van der Waals surface area contributed by atoms with Crippen molar-refractivity contribution in [3.05, 3.63) is 0 Å². The lowest BCUT2D eigenvalue weighted by atomic mass is 9.81. The number of carbonyl (C=O) groups excluding carboxylic acids is 1. The lowest BCUT2D eigenvalue weighted by molar-refractivity contribution is -0.123. The van der Waals surface area contributed by atoms with Crippen molar-refractivity contribution in [3.63, 3.8) is 0 Å². The van der Waals surface area contributed by atoms with E-state index < -0.39 is 0 Å². The highest BCUT2D eigenvalue weighted by Gasteiger charge is 2.57. The summed E-state index contributed by atoms with van der Waals surface area (Å²) in [6.07, 6.45) is 4.82. The van der Waals surface area contributed by atoms with Crippen molar-refractivity contribution < 1.29 is 4.79 Å². The maximum absolute atomic E-state index is 11.6. The molecule has 3 fully saturated rings. The molecule has 1 nitrogen and oxygen atoms in total. The SMILES string of the molecule is CC1(C)CC2CC(=O)C3CC3C2C1. The summed E-state index contributed by atoms with van der Waals surface area (Å²) in [5.41, 5.74) is 0.521. The summed E-state index contributed by atoms with van der Waals surface area (Å²) in [4.78, 5) is 11.6. The van der Waals surface area contributed by atoms with Gasteiger partial charge in [0.15, 0.2) is 0 Å². The molecule has 0 bridgehead atoms. The van der Waals surface area contributed by atoms with Gasteiger partial charge >= 0.3 is 0 Å². The van der Waals surface area contributed by atoms with Gasteiger partial charge in [0.05, 0.1) is 0 Å². The van der Waals surface area contributed by atoms with Crippen molar-refractivity contribution in [2.45, 2.75) is 39.5 Å². The molecule has 0 aromatic rings. The van der Waals surface area contributed by atoms with E-state index in [0.717, 1.165) is 24.2 Å². The van der Waals surface area contributed by atoms with Crippen LogP contribution in [-0.4, -0.2) is 5.78 Å². The second kappa shape index (κ2) is 2.18. The van der Waals surface area contributed by atoms with E-state index >= 15 is 0 Å². The van der Waals surface area contributed by atoms with E-state index in [4.69, 9.17) is 0 Å². The highest BCUT2D eigenvalue weighted by atomic mass is 16.1. The Bertz CT molecular complexity index is 266. The first-order valence-electron chi connectivity index (χ1n) is 5.59. The van der Waals surface area contributed by atoms with Crippen molar-refractivity contribution >= 4 is 5.78 Å². The quantitative estimate of drug-likeness (QED) is 0.557. The predicted molar refractivity (Wildman–Crippen MR) is 51.2 cm³/mol. The van der Waals surface area contributed by atoms with E-state index in [9.17, 15) is 4.79 Å². The Hall–Kier alpha value is -0.330. The average Bonchev–Trinajstić information content (AvgIpc) is 2.71. The zero-order chi connectivity index (χ0) is 9.22. The summed E-state index contributed by atoms with van der Waals surface area (Å²) >= 11 is 0. The number of fused-ring (bicyclic) bond motifs is 3. The summed E-state index contributed by atoms with van der Waals surface area (Å²) in [6.45, 7) is 4.74. The molecular weight excluding hydrogens is 160 g/mol. The van der Waals surface area contributed by atoms with Gasteiger partial charge in [-0.05, 0) is 42.4 Å². The predicted octanol–water partition coefficient (Wildman–Crippen LogP) is 2.65. The number of carbonyl (C=O) groups is 1. The van der Waals surface area contributed by atoms with Crippen molar-refractivity contribution in [1.29, 1.82) is 0 Å². The first-order valence-corrected chi connectivity index (χ1v) is 5.59. The van der Waals surface area contributed by atoms with Gasteiger partial charge in [-0.2, -0.15) is 0 Å². The molecule has 72 valence electrons. The fourth-order valence-electron chi connectivity index (χ4n) is 3.94. The van der Waals surface area contributed by atoms with Gasteiger partial charge in [0.1, 0.15) is 5.78 Å². The molecule has 0 N–H and O–H groups in total. The third-order valence-electron chi connectivity index (χ3n) is 4.48.